The number of benzene rings is 1. The second kappa shape index (κ2) is 5.23. The van der Waals surface area contributed by atoms with Gasteiger partial charge >= 0.3 is 0 Å². The van der Waals surface area contributed by atoms with E-state index in [1.54, 1.807) is 6.20 Å². The number of hydrogen-bond acceptors (Lipinski definition) is 3. The van der Waals surface area contributed by atoms with Crippen molar-refractivity contribution in [2.75, 3.05) is 6.61 Å². The molecule has 4 nitrogen and oxygen atoms in total. The Morgan fingerprint density at radius 1 is 1.47 bits per heavy atom. The molecule has 5 heteroatoms. The third-order valence-corrected chi connectivity index (χ3v) is 3.84. The highest BCUT2D eigenvalue weighted by molar-refractivity contribution is 6.29. The predicted molar refractivity (Wildman–Crippen MR) is 74.4 cm³/mol. The first-order valence-corrected chi connectivity index (χ1v) is 6.74. The SMILES string of the molecule is Cn1c(Cl)cnc1CNC1CCOc2ccccc21. The number of imidazole rings is 1. The summed E-state index contributed by atoms with van der Waals surface area (Å²) in [5.41, 5.74) is 1.22. The molecule has 2 aromatic rings. The van der Waals surface area contributed by atoms with Gasteiger partial charge in [0.2, 0.25) is 0 Å². The van der Waals surface area contributed by atoms with E-state index in [4.69, 9.17) is 16.3 Å². The van der Waals surface area contributed by atoms with Crippen LogP contribution in [0.25, 0.3) is 0 Å². The predicted octanol–water partition coefficient (Wildman–Crippen LogP) is 2.69. The van der Waals surface area contributed by atoms with Crippen LogP contribution in [-0.4, -0.2) is 16.2 Å². The molecule has 19 heavy (non-hydrogen) atoms. The topological polar surface area (TPSA) is 39.1 Å². The average molecular weight is 278 g/mol. The quantitative estimate of drug-likeness (QED) is 0.938. The van der Waals surface area contributed by atoms with Crippen LogP contribution >= 0.6 is 11.6 Å². The minimum Gasteiger partial charge on any atom is -0.493 e. The average Bonchev–Trinajstić information content (AvgIpc) is 2.76. The van der Waals surface area contributed by atoms with Crippen LogP contribution in [0.1, 0.15) is 23.9 Å². The molecule has 0 radical (unpaired) electrons. The zero-order valence-corrected chi connectivity index (χ0v) is 11.5. The summed E-state index contributed by atoms with van der Waals surface area (Å²) in [6.45, 7) is 1.44. The smallest absolute Gasteiger partial charge is 0.128 e. The third-order valence-electron chi connectivity index (χ3n) is 3.49. The fourth-order valence-electron chi connectivity index (χ4n) is 2.36. The number of nitrogens with zero attached hydrogens (tertiary/aromatic N) is 2. The van der Waals surface area contributed by atoms with E-state index in [1.165, 1.54) is 5.56 Å². The van der Waals surface area contributed by atoms with E-state index < -0.39 is 0 Å². The van der Waals surface area contributed by atoms with E-state index in [0.717, 1.165) is 24.6 Å². The molecule has 0 aliphatic carbocycles. The number of aromatic nitrogens is 2. The maximum Gasteiger partial charge on any atom is 0.128 e. The lowest BCUT2D eigenvalue weighted by atomic mass is 10.0. The van der Waals surface area contributed by atoms with Gasteiger partial charge in [0.1, 0.15) is 16.7 Å². The van der Waals surface area contributed by atoms with Crippen LogP contribution in [-0.2, 0) is 13.6 Å². The Labute approximate surface area is 117 Å². The van der Waals surface area contributed by atoms with Crippen molar-refractivity contribution in [1.29, 1.82) is 0 Å². The fraction of sp³-hybridized carbons (Fsp3) is 0.357. The van der Waals surface area contributed by atoms with Crippen molar-refractivity contribution in [3.05, 3.63) is 47.0 Å². The normalized spacial score (nSPS) is 17.9. The molecular weight excluding hydrogens is 262 g/mol. The van der Waals surface area contributed by atoms with Crippen molar-refractivity contribution < 1.29 is 4.74 Å². The molecule has 0 amide bonds. The molecule has 1 unspecified atom stereocenters. The maximum absolute atomic E-state index is 5.98. The van der Waals surface area contributed by atoms with Crippen LogP contribution < -0.4 is 10.1 Å². The van der Waals surface area contributed by atoms with Crippen LogP contribution in [0.2, 0.25) is 5.15 Å². The second-order valence-corrected chi connectivity index (χ2v) is 5.05. The molecule has 0 saturated carbocycles. The molecule has 1 atom stereocenters. The summed E-state index contributed by atoms with van der Waals surface area (Å²) in [4.78, 5) is 4.29. The molecule has 0 fully saturated rings. The summed E-state index contributed by atoms with van der Waals surface area (Å²) >= 11 is 5.98. The Morgan fingerprint density at radius 2 is 2.32 bits per heavy atom. The molecule has 0 bridgehead atoms. The highest BCUT2D eigenvalue weighted by Gasteiger charge is 2.20. The van der Waals surface area contributed by atoms with Crippen LogP contribution in [0.3, 0.4) is 0 Å². The van der Waals surface area contributed by atoms with Crippen LogP contribution in [0.5, 0.6) is 5.75 Å². The van der Waals surface area contributed by atoms with Gasteiger partial charge in [-0.1, -0.05) is 29.8 Å². The van der Waals surface area contributed by atoms with Crippen LogP contribution in [0.4, 0.5) is 0 Å². The molecule has 1 aromatic carbocycles. The summed E-state index contributed by atoms with van der Waals surface area (Å²) in [5.74, 6) is 1.91. The summed E-state index contributed by atoms with van der Waals surface area (Å²) in [6.07, 6.45) is 2.64. The monoisotopic (exact) mass is 277 g/mol. The van der Waals surface area contributed by atoms with Gasteiger partial charge in [-0.3, -0.25) is 0 Å². The molecule has 1 aromatic heterocycles. The van der Waals surface area contributed by atoms with Crippen molar-refractivity contribution in [3.63, 3.8) is 0 Å². The van der Waals surface area contributed by atoms with Crippen molar-refractivity contribution in [1.82, 2.24) is 14.9 Å². The Balaban J connectivity index is 1.73. The number of nitrogens with one attached hydrogen (secondary N) is 1. The van der Waals surface area contributed by atoms with E-state index in [0.29, 0.717) is 17.7 Å². The molecule has 2 heterocycles. The lowest BCUT2D eigenvalue weighted by molar-refractivity contribution is 0.251. The third kappa shape index (κ3) is 2.46. The first kappa shape index (κ1) is 12.5. The maximum atomic E-state index is 5.98. The van der Waals surface area contributed by atoms with Gasteiger partial charge in [0, 0.05) is 25.1 Å². The lowest BCUT2D eigenvalue weighted by Gasteiger charge is -2.26. The molecule has 100 valence electrons. The Morgan fingerprint density at radius 3 is 3.11 bits per heavy atom. The van der Waals surface area contributed by atoms with Gasteiger partial charge < -0.3 is 14.6 Å². The van der Waals surface area contributed by atoms with Crippen LogP contribution in [0, 0.1) is 0 Å². The number of fused-ring (bicyclic) bond motifs is 1. The van der Waals surface area contributed by atoms with Gasteiger partial charge in [-0.2, -0.15) is 0 Å². The minimum absolute atomic E-state index is 0.306. The zero-order valence-electron chi connectivity index (χ0n) is 10.8. The largest absolute Gasteiger partial charge is 0.493 e. The van der Waals surface area contributed by atoms with Crippen molar-refractivity contribution >= 4 is 11.6 Å². The van der Waals surface area contributed by atoms with Gasteiger partial charge in [-0.05, 0) is 6.07 Å². The van der Waals surface area contributed by atoms with Gasteiger partial charge in [-0.25, -0.2) is 4.98 Å². The summed E-state index contributed by atoms with van der Waals surface area (Å²) < 4.78 is 7.54. The van der Waals surface area contributed by atoms with E-state index >= 15 is 0 Å². The Bertz CT molecular complexity index is 582. The highest BCUT2D eigenvalue weighted by Crippen LogP contribution is 2.31. The number of ether oxygens (including phenoxy) is 1. The van der Waals surface area contributed by atoms with E-state index in [2.05, 4.69) is 16.4 Å². The molecule has 1 aliphatic heterocycles. The molecule has 1 aliphatic rings. The Kier molecular flexibility index (Phi) is 3.44. The van der Waals surface area contributed by atoms with Crippen molar-refractivity contribution in [2.24, 2.45) is 7.05 Å². The summed E-state index contributed by atoms with van der Waals surface area (Å²) in [7, 11) is 1.92. The van der Waals surface area contributed by atoms with Gasteiger partial charge in [0.25, 0.3) is 0 Å². The number of rotatable bonds is 3. The van der Waals surface area contributed by atoms with Crippen molar-refractivity contribution in [2.45, 2.75) is 19.0 Å². The Hall–Kier alpha value is -1.52. The van der Waals surface area contributed by atoms with Gasteiger partial charge in [0.05, 0.1) is 19.3 Å². The molecule has 0 spiro atoms. The van der Waals surface area contributed by atoms with E-state index in [9.17, 15) is 0 Å². The highest BCUT2D eigenvalue weighted by atomic mass is 35.5. The number of para-hydroxylation sites is 1. The minimum atomic E-state index is 0.306. The zero-order chi connectivity index (χ0) is 13.2. The first-order chi connectivity index (χ1) is 9.25. The standard InChI is InChI=1S/C14H16ClN3O/c1-18-13(15)8-17-14(18)9-16-11-6-7-19-12-5-3-2-4-10(11)12/h2-5,8,11,16H,6-7,9H2,1H3. The molecule has 3 rings (SSSR count). The summed E-state index contributed by atoms with van der Waals surface area (Å²) in [6, 6.07) is 8.47. The number of hydrogen-bond donors (Lipinski definition) is 1. The first-order valence-electron chi connectivity index (χ1n) is 6.37. The molecule has 1 N–H and O–H groups in total. The fourth-order valence-corrected chi connectivity index (χ4v) is 2.50. The van der Waals surface area contributed by atoms with Gasteiger partial charge in [-0.15, -0.1) is 0 Å². The number of halogens is 1. The van der Waals surface area contributed by atoms with E-state index in [1.807, 2.05) is 29.8 Å². The van der Waals surface area contributed by atoms with Crippen LogP contribution in [0.15, 0.2) is 30.5 Å². The van der Waals surface area contributed by atoms with E-state index in [-0.39, 0.29) is 0 Å². The second-order valence-electron chi connectivity index (χ2n) is 4.66. The summed E-state index contributed by atoms with van der Waals surface area (Å²) in [5, 5.41) is 4.18. The molecular formula is C14H16ClN3O. The lowest BCUT2D eigenvalue weighted by Crippen LogP contribution is -2.27. The van der Waals surface area contributed by atoms with Gasteiger partial charge in [0.15, 0.2) is 0 Å². The van der Waals surface area contributed by atoms with Crippen molar-refractivity contribution in [3.8, 4) is 5.75 Å². The molecule has 0 saturated heterocycles.